The zero-order valence-corrected chi connectivity index (χ0v) is 25.9. The van der Waals surface area contributed by atoms with Gasteiger partial charge >= 0.3 is 6.18 Å². The van der Waals surface area contributed by atoms with Gasteiger partial charge in [0.15, 0.2) is 6.23 Å². The van der Waals surface area contributed by atoms with Gasteiger partial charge in [0.2, 0.25) is 11.8 Å². The Morgan fingerprint density at radius 3 is 2.53 bits per heavy atom. The zero-order valence-electron chi connectivity index (χ0n) is 25.9. The number of carbonyl (C=O) groups is 1. The molecule has 0 unspecified atom stereocenters. The smallest absolute Gasteiger partial charge is 0.393 e. The quantitative estimate of drug-likeness (QED) is 0.118. The van der Waals surface area contributed by atoms with Crippen molar-refractivity contribution >= 4 is 28.0 Å². The second kappa shape index (κ2) is 14.0. The standard InChI is InChI=1S/C36H34F4N4O3/c1-2-9-32(45)43-18-8-12-27(23-43)47-31-17-15-26(22-41-31)34(29(21-36(38,39)40)24-10-4-3-5-11-24)25-14-16-30-28(20-25)35(37)42-44(30)33-13-6-7-19-46-33/h3-5,10-11,14-17,20,22,27,33H,6-8,12-13,18-19,21,23H2,1H3/b34-29-/t27-,33-/m1/s1. The van der Waals surface area contributed by atoms with Crippen LogP contribution in [0.5, 0.6) is 5.88 Å². The van der Waals surface area contributed by atoms with Gasteiger partial charge in [-0.3, -0.25) is 4.79 Å². The summed E-state index contributed by atoms with van der Waals surface area (Å²) in [5.74, 6) is 4.47. The molecule has 244 valence electrons. The molecular formula is C36H34F4N4O3. The van der Waals surface area contributed by atoms with Crippen LogP contribution in [0, 0.1) is 17.8 Å². The second-order valence-corrected chi connectivity index (χ2v) is 11.7. The lowest BCUT2D eigenvalue weighted by molar-refractivity contribution is -0.127. The van der Waals surface area contributed by atoms with E-state index in [-0.39, 0.29) is 34.4 Å². The third-order valence-corrected chi connectivity index (χ3v) is 8.39. The molecule has 0 N–H and O–H groups in total. The molecule has 2 aromatic heterocycles. The molecule has 2 aliphatic rings. The molecule has 0 radical (unpaired) electrons. The number of hydrogen-bond donors (Lipinski definition) is 0. The number of nitrogens with zero attached hydrogens (tertiary/aromatic N) is 4. The van der Waals surface area contributed by atoms with Crippen molar-refractivity contribution < 1.29 is 31.8 Å². The molecule has 4 aromatic rings. The lowest BCUT2D eigenvalue weighted by Crippen LogP contribution is -2.44. The Balaban J connectivity index is 1.40. The van der Waals surface area contributed by atoms with E-state index in [0.29, 0.717) is 54.7 Å². The summed E-state index contributed by atoms with van der Waals surface area (Å²) in [5.41, 5.74) is 1.97. The van der Waals surface area contributed by atoms with Crippen molar-refractivity contribution in [2.75, 3.05) is 19.7 Å². The molecule has 2 atom stereocenters. The van der Waals surface area contributed by atoms with Crippen LogP contribution in [0.2, 0.25) is 0 Å². The summed E-state index contributed by atoms with van der Waals surface area (Å²) < 4.78 is 71.3. The first kappa shape index (κ1) is 32.3. The van der Waals surface area contributed by atoms with Crippen molar-refractivity contribution in [1.29, 1.82) is 0 Å². The highest BCUT2D eigenvalue weighted by molar-refractivity contribution is 6.00. The van der Waals surface area contributed by atoms with Gasteiger partial charge in [0, 0.05) is 31.0 Å². The van der Waals surface area contributed by atoms with E-state index in [0.717, 1.165) is 19.3 Å². The predicted octanol–water partition coefficient (Wildman–Crippen LogP) is 7.57. The number of fused-ring (bicyclic) bond motifs is 1. The Morgan fingerprint density at radius 2 is 1.83 bits per heavy atom. The minimum absolute atomic E-state index is 0.0230. The molecule has 0 bridgehead atoms. The van der Waals surface area contributed by atoms with Crippen LogP contribution in [-0.4, -0.2) is 57.5 Å². The minimum atomic E-state index is -4.53. The number of benzene rings is 2. The Kier molecular flexibility index (Phi) is 9.59. The molecule has 0 spiro atoms. The average molecular weight is 647 g/mol. The summed E-state index contributed by atoms with van der Waals surface area (Å²) in [5, 5.41) is 4.30. The van der Waals surface area contributed by atoms with Crippen molar-refractivity contribution in [3.05, 3.63) is 89.5 Å². The van der Waals surface area contributed by atoms with E-state index in [4.69, 9.17) is 9.47 Å². The van der Waals surface area contributed by atoms with Crippen molar-refractivity contribution in [3.63, 3.8) is 0 Å². The number of rotatable bonds is 7. The van der Waals surface area contributed by atoms with Gasteiger partial charge in [0.1, 0.15) is 6.10 Å². The van der Waals surface area contributed by atoms with Gasteiger partial charge in [-0.15, -0.1) is 5.10 Å². The van der Waals surface area contributed by atoms with Gasteiger partial charge in [0.05, 0.1) is 23.9 Å². The monoisotopic (exact) mass is 646 g/mol. The summed E-state index contributed by atoms with van der Waals surface area (Å²) in [4.78, 5) is 18.4. The van der Waals surface area contributed by atoms with Gasteiger partial charge in [-0.1, -0.05) is 42.3 Å². The number of alkyl halides is 3. The summed E-state index contributed by atoms with van der Waals surface area (Å²) >= 11 is 0. The maximum Gasteiger partial charge on any atom is 0.393 e. The molecule has 2 saturated heterocycles. The second-order valence-electron chi connectivity index (χ2n) is 11.7. The Bertz CT molecular complexity index is 1820. The molecule has 2 aliphatic heterocycles. The van der Waals surface area contributed by atoms with Crippen LogP contribution in [0.3, 0.4) is 0 Å². The summed E-state index contributed by atoms with van der Waals surface area (Å²) in [6, 6.07) is 16.5. The fourth-order valence-electron chi connectivity index (χ4n) is 6.26. The van der Waals surface area contributed by atoms with E-state index in [2.05, 4.69) is 21.9 Å². The number of halogens is 4. The Labute approximate surface area is 270 Å². The van der Waals surface area contributed by atoms with Crippen LogP contribution < -0.4 is 4.74 Å². The number of pyridine rings is 1. The molecule has 0 saturated carbocycles. The molecular weight excluding hydrogens is 612 g/mol. The van der Waals surface area contributed by atoms with Crippen LogP contribution in [0.15, 0.2) is 66.9 Å². The predicted molar refractivity (Wildman–Crippen MR) is 169 cm³/mol. The maximum atomic E-state index is 15.4. The maximum absolute atomic E-state index is 15.4. The number of allylic oxidation sites excluding steroid dienone is 1. The van der Waals surface area contributed by atoms with E-state index in [1.54, 1.807) is 72.5 Å². The van der Waals surface area contributed by atoms with Gasteiger partial charge in [-0.05, 0) is 85.4 Å². The first-order valence-electron chi connectivity index (χ1n) is 15.7. The Hall–Kier alpha value is -4.69. The van der Waals surface area contributed by atoms with Gasteiger partial charge < -0.3 is 14.4 Å². The number of amides is 1. The number of piperidine rings is 1. The van der Waals surface area contributed by atoms with Gasteiger partial charge in [-0.2, -0.15) is 17.6 Å². The van der Waals surface area contributed by atoms with Crippen molar-refractivity contribution in [1.82, 2.24) is 19.7 Å². The third-order valence-electron chi connectivity index (χ3n) is 8.39. The minimum Gasteiger partial charge on any atom is -0.472 e. The van der Waals surface area contributed by atoms with Crippen LogP contribution in [-0.2, 0) is 9.53 Å². The lowest BCUT2D eigenvalue weighted by Gasteiger charge is -2.31. The molecule has 11 heteroatoms. The van der Waals surface area contributed by atoms with Crippen molar-refractivity contribution in [2.45, 2.75) is 64.0 Å². The van der Waals surface area contributed by atoms with Crippen LogP contribution in [0.25, 0.3) is 22.0 Å². The first-order chi connectivity index (χ1) is 22.7. The number of carbonyl (C=O) groups excluding carboxylic acids is 1. The highest BCUT2D eigenvalue weighted by atomic mass is 19.4. The van der Waals surface area contributed by atoms with E-state index in [9.17, 15) is 18.0 Å². The highest BCUT2D eigenvalue weighted by Crippen LogP contribution is 2.40. The van der Waals surface area contributed by atoms with E-state index in [1.807, 2.05) is 0 Å². The van der Waals surface area contributed by atoms with Crippen LogP contribution >= 0.6 is 0 Å². The molecule has 2 aromatic carbocycles. The molecule has 0 aliphatic carbocycles. The first-order valence-corrected chi connectivity index (χ1v) is 15.7. The summed E-state index contributed by atoms with van der Waals surface area (Å²) in [7, 11) is 0. The van der Waals surface area contributed by atoms with Crippen LogP contribution in [0.1, 0.15) is 68.4 Å². The molecule has 1 amide bonds. The normalized spacial score (nSPS) is 19.1. The lowest BCUT2D eigenvalue weighted by atomic mass is 9.88. The highest BCUT2D eigenvalue weighted by Gasteiger charge is 2.32. The number of ether oxygens (including phenoxy) is 2. The SMILES string of the molecule is CC#CC(=O)N1CCC[C@@H](Oc2ccc(/C(=C(/CC(F)(F)F)c3ccccc3)c3ccc4c(c3)c(F)nn4[C@H]3CCCCO3)cn2)C1. The average Bonchev–Trinajstić information content (AvgIpc) is 3.41. The van der Waals surface area contributed by atoms with Gasteiger partial charge in [-0.25, -0.2) is 9.67 Å². The fraction of sp³-hybridized carbons (Fsp3) is 0.361. The van der Waals surface area contributed by atoms with E-state index < -0.39 is 24.8 Å². The number of likely N-dealkylation sites (tertiary alicyclic amines) is 1. The Morgan fingerprint density at radius 1 is 1.02 bits per heavy atom. The van der Waals surface area contributed by atoms with E-state index >= 15 is 4.39 Å². The molecule has 6 rings (SSSR count). The van der Waals surface area contributed by atoms with Crippen LogP contribution in [0.4, 0.5) is 17.6 Å². The van der Waals surface area contributed by atoms with Gasteiger partial charge in [0.25, 0.3) is 5.91 Å². The molecule has 4 heterocycles. The summed E-state index contributed by atoms with van der Waals surface area (Å²) in [6.45, 7) is 3.10. The van der Waals surface area contributed by atoms with Crippen molar-refractivity contribution in [2.24, 2.45) is 0 Å². The van der Waals surface area contributed by atoms with E-state index in [1.165, 1.54) is 10.9 Å². The molecule has 47 heavy (non-hydrogen) atoms. The number of hydrogen-bond acceptors (Lipinski definition) is 5. The van der Waals surface area contributed by atoms with Crippen molar-refractivity contribution in [3.8, 4) is 17.7 Å². The molecule has 7 nitrogen and oxygen atoms in total. The summed E-state index contributed by atoms with van der Waals surface area (Å²) in [6.07, 6.45) is -0.999. The largest absolute Gasteiger partial charge is 0.472 e. The third kappa shape index (κ3) is 7.49. The fourth-order valence-corrected chi connectivity index (χ4v) is 6.26. The topological polar surface area (TPSA) is 69.5 Å². The molecule has 2 fully saturated rings. The number of aromatic nitrogens is 3. The zero-order chi connectivity index (χ0) is 33.0.